The fourth-order valence-corrected chi connectivity index (χ4v) is 2.81. The first-order valence-electron chi connectivity index (χ1n) is 4.97. The first-order chi connectivity index (χ1) is 6.60. The van der Waals surface area contributed by atoms with Gasteiger partial charge in [-0.25, -0.2) is 0 Å². The highest BCUT2D eigenvalue weighted by Gasteiger charge is 2.36. The molecule has 0 aromatic carbocycles. The van der Waals surface area contributed by atoms with Crippen molar-refractivity contribution in [1.82, 2.24) is 9.69 Å². The topological polar surface area (TPSA) is 45.1 Å². The van der Waals surface area contributed by atoms with Gasteiger partial charge in [0.05, 0.1) is 10.6 Å². The zero-order valence-electron chi connectivity index (χ0n) is 8.58. The predicted molar refractivity (Wildman–Crippen MR) is 57.4 cm³/mol. The zero-order valence-corrected chi connectivity index (χ0v) is 9.40. The van der Waals surface area contributed by atoms with E-state index in [9.17, 15) is 5.11 Å². The quantitative estimate of drug-likeness (QED) is 0.776. The Kier molecular flexibility index (Phi) is 2.60. The van der Waals surface area contributed by atoms with Crippen LogP contribution in [0.5, 0.6) is 0 Å². The largest absolute Gasteiger partial charge is 0.384 e. The van der Waals surface area contributed by atoms with Crippen LogP contribution in [0.2, 0.25) is 0 Å². The molecule has 2 heterocycles. The second kappa shape index (κ2) is 3.61. The molecule has 1 aromatic rings. The number of rotatable bonds is 2. The minimum atomic E-state index is -0.713. The van der Waals surface area contributed by atoms with Crippen molar-refractivity contribution >= 4 is 11.5 Å². The van der Waals surface area contributed by atoms with Crippen LogP contribution in [0.4, 0.5) is 0 Å². The molecule has 1 aliphatic heterocycles. The highest BCUT2D eigenvalue weighted by molar-refractivity contribution is 7.06. The van der Waals surface area contributed by atoms with E-state index in [0.717, 1.165) is 30.1 Å². The summed E-state index contributed by atoms with van der Waals surface area (Å²) >= 11 is 1.42. The summed E-state index contributed by atoms with van der Waals surface area (Å²) in [6, 6.07) is 1.99. The first kappa shape index (κ1) is 10.1. The standard InChI is InChI=1S/C10H16N2OS/c1-7-5-9(14-12-7)10(2,13)8-3-4-11-6-8/h5,8,11,13H,3-4,6H2,1-2H3. The highest BCUT2D eigenvalue weighted by Crippen LogP contribution is 2.35. The Labute approximate surface area is 88.3 Å². The number of hydrogen-bond acceptors (Lipinski definition) is 4. The van der Waals surface area contributed by atoms with Crippen LogP contribution in [0.1, 0.15) is 23.9 Å². The molecule has 14 heavy (non-hydrogen) atoms. The van der Waals surface area contributed by atoms with Gasteiger partial charge in [0.1, 0.15) is 5.60 Å². The van der Waals surface area contributed by atoms with Gasteiger partial charge in [-0.1, -0.05) is 0 Å². The lowest BCUT2D eigenvalue weighted by Crippen LogP contribution is -2.32. The molecule has 2 unspecified atom stereocenters. The molecule has 78 valence electrons. The Morgan fingerprint density at radius 3 is 3.00 bits per heavy atom. The summed E-state index contributed by atoms with van der Waals surface area (Å²) in [6.45, 7) is 5.78. The molecule has 0 amide bonds. The van der Waals surface area contributed by atoms with Gasteiger partial charge < -0.3 is 10.4 Å². The predicted octanol–water partition coefficient (Wildman–Crippen LogP) is 1.27. The van der Waals surface area contributed by atoms with E-state index in [2.05, 4.69) is 9.69 Å². The second-order valence-electron chi connectivity index (χ2n) is 4.17. The van der Waals surface area contributed by atoms with Gasteiger partial charge in [-0.2, -0.15) is 4.37 Å². The van der Waals surface area contributed by atoms with Crippen LogP contribution in [0.25, 0.3) is 0 Å². The molecule has 0 saturated carbocycles. The normalized spacial score (nSPS) is 26.4. The molecule has 1 aliphatic rings. The molecule has 1 aromatic heterocycles. The molecule has 0 bridgehead atoms. The van der Waals surface area contributed by atoms with Gasteiger partial charge in [0.25, 0.3) is 0 Å². The van der Waals surface area contributed by atoms with Crippen molar-refractivity contribution in [2.45, 2.75) is 25.9 Å². The molecular weight excluding hydrogens is 196 g/mol. The lowest BCUT2D eigenvalue weighted by Gasteiger charge is -2.27. The van der Waals surface area contributed by atoms with Gasteiger partial charge in [-0.15, -0.1) is 0 Å². The van der Waals surface area contributed by atoms with Crippen molar-refractivity contribution in [2.75, 3.05) is 13.1 Å². The molecule has 1 saturated heterocycles. The van der Waals surface area contributed by atoms with Crippen LogP contribution in [0.3, 0.4) is 0 Å². The molecule has 2 rings (SSSR count). The van der Waals surface area contributed by atoms with Crippen LogP contribution in [-0.4, -0.2) is 22.6 Å². The minimum Gasteiger partial charge on any atom is -0.384 e. The van der Waals surface area contributed by atoms with Crippen LogP contribution in [-0.2, 0) is 5.60 Å². The van der Waals surface area contributed by atoms with Crippen molar-refractivity contribution in [3.05, 3.63) is 16.6 Å². The Hall–Kier alpha value is -0.450. The Morgan fingerprint density at radius 2 is 2.50 bits per heavy atom. The van der Waals surface area contributed by atoms with Crippen LogP contribution in [0.15, 0.2) is 6.07 Å². The monoisotopic (exact) mass is 212 g/mol. The molecule has 2 atom stereocenters. The lowest BCUT2D eigenvalue weighted by atomic mass is 9.87. The Balaban J connectivity index is 2.22. The fourth-order valence-electron chi connectivity index (χ4n) is 1.94. The van der Waals surface area contributed by atoms with E-state index < -0.39 is 5.60 Å². The number of aromatic nitrogens is 1. The molecule has 0 aliphatic carbocycles. The van der Waals surface area contributed by atoms with Crippen molar-refractivity contribution in [2.24, 2.45) is 5.92 Å². The molecular formula is C10H16N2OS. The van der Waals surface area contributed by atoms with E-state index in [1.807, 2.05) is 19.9 Å². The fraction of sp³-hybridized carbons (Fsp3) is 0.700. The summed E-state index contributed by atoms with van der Waals surface area (Å²) in [7, 11) is 0. The second-order valence-corrected chi connectivity index (χ2v) is 4.97. The average molecular weight is 212 g/mol. The maximum absolute atomic E-state index is 10.4. The van der Waals surface area contributed by atoms with Gasteiger partial charge >= 0.3 is 0 Å². The van der Waals surface area contributed by atoms with E-state index in [4.69, 9.17) is 0 Å². The maximum atomic E-state index is 10.4. The van der Waals surface area contributed by atoms with Gasteiger partial charge in [0.15, 0.2) is 0 Å². The molecule has 0 spiro atoms. The highest BCUT2D eigenvalue weighted by atomic mass is 32.1. The van der Waals surface area contributed by atoms with Crippen molar-refractivity contribution < 1.29 is 5.11 Å². The zero-order chi connectivity index (χ0) is 10.2. The van der Waals surface area contributed by atoms with E-state index in [1.54, 1.807) is 0 Å². The maximum Gasteiger partial charge on any atom is 0.102 e. The molecule has 4 heteroatoms. The first-order valence-corrected chi connectivity index (χ1v) is 5.75. The average Bonchev–Trinajstić information content (AvgIpc) is 2.72. The third-order valence-electron chi connectivity index (χ3n) is 2.98. The summed E-state index contributed by atoms with van der Waals surface area (Å²) in [5, 5.41) is 13.7. The SMILES string of the molecule is Cc1cc(C(C)(O)C2CCNC2)sn1. The van der Waals surface area contributed by atoms with Crippen LogP contribution < -0.4 is 5.32 Å². The lowest BCUT2D eigenvalue weighted by molar-refractivity contribution is 0.00565. The smallest absolute Gasteiger partial charge is 0.102 e. The summed E-state index contributed by atoms with van der Waals surface area (Å²) in [5.41, 5.74) is 0.284. The van der Waals surface area contributed by atoms with E-state index in [-0.39, 0.29) is 0 Å². The van der Waals surface area contributed by atoms with Crippen LogP contribution in [0, 0.1) is 12.8 Å². The van der Waals surface area contributed by atoms with E-state index in [0.29, 0.717) is 5.92 Å². The van der Waals surface area contributed by atoms with Crippen molar-refractivity contribution in [3.63, 3.8) is 0 Å². The number of aryl methyl sites for hydroxylation is 1. The molecule has 2 N–H and O–H groups in total. The summed E-state index contributed by atoms with van der Waals surface area (Å²) in [4.78, 5) is 0.990. The van der Waals surface area contributed by atoms with Gasteiger partial charge in [0, 0.05) is 12.5 Å². The van der Waals surface area contributed by atoms with Crippen molar-refractivity contribution in [1.29, 1.82) is 0 Å². The summed E-state index contributed by atoms with van der Waals surface area (Å²) in [6.07, 6.45) is 1.05. The van der Waals surface area contributed by atoms with E-state index in [1.165, 1.54) is 11.5 Å². The van der Waals surface area contributed by atoms with Crippen molar-refractivity contribution in [3.8, 4) is 0 Å². The number of hydrogen-bond donors (Lipinski definition) is 2. The summed E-state index contributed by atoms with van der Waals surface area (Å²) < 4.78 is 4.22. The van der Waals surface area contributed by atoms with Crippen LogP contribution >= 0.6 is 11.5 Å². The van der Waals surface area contributed by atoms with E-state index >= 15 is 0 Å². The number of nitrogens with zero attached hydrogens (tertiary/aromatic N) is 1. The number of nitrogens with one attached hydrogen (secondary N) is 1. The number of aliphatic hydroxyl groups is 1. The van der Waals surface area contributed by atoms with Gasteiger partial charge in [0.2, 0.25) is 0 Å². The summed E-state index contributed by atoms with van der Waals surface area (Å²) in [5.74, 6) is 0.322. The van der Waals surface area contributed by atoms with Gasteiger partial charge in [-0.3, -0.25) is 0 Å². The third-order valence-corrected chi connectivity index (χ3v) is 4.09. The minimum absolute atomic E-state index is 0.322. The molecule has 0 radical (unpaired) electrons. The molecule has 1 fully saturated rings. The third kappa shape index (κ3) is 1.69. The van der Waals surface area contributed by atoms with Gasteiger partial charge in [-0.05, 0) is 44.4 Å². The Morgan fingerprint density at radius 1 is 1.71 bits per heavy atom. The Bertz CT molecular complexity index is 316. The molecule has 3 nitrogen and oxygen atoms in total.